The Morgan fingerprint density at radius 1 is 1.06 bits per heavy atom. The smallest absolute Gasteiger partial charge is 0.331 e. The summed E-state index contributed by atoms with van der Waals surface area (Å²) in [5.74, 6) is -0.782. The second-order valence-electron chi connectivity index (χ2n) is 8.33. The van der Waals surface area contributed by atoms with E-state index in [1.165, 1.54) is 6.08 Å². The van der Waals surface area contributed by atoms with Crippen LogP contribution >= 0.6 is 11.3 Å². The van der Waals surface area contributed by atoms with Gasteiger partial charge in [-0.05, 0) is 61.1 Å². The summed E-state index contributed by atoms with van der Waals surface area (Å²) in [6.45, 7) is 2.24. The van der Waals surface area contributed by atoms with Gasteiger partial charge in [0, 0.05) is 30.1 Å². The van der Waals surface area contributed by atoms with Crippen LogP contribution in [0.4, 0.5) is 5.69 Å². The minimum atomic E-state index is -0.887. The number of aromatic nitrogens is 2. The van der Waals surface area contributed by atoms with Crippen molar-refractivity contribution < 1.29 is 14.3 Å². The molecule has 1 atom stereocenters. The van der Waals surface area contributed by atoms with Crippen LogP contribution in [0.25, 0.3) is 22.3 Å². The lowest BCUT2D eigenvalue weighted by Crippen LogP contribution is -2.42. The molecule has 176 valence electrons. The van der Waals surface area contributed by atoms with E-state index < -0.39 is 12.1 Å². The second-order valence-corrected chi connectivity index (χ2v) is 9.27. The molecule has 7 heteroatoms. The maximum absolute atomic E-state index is 13.1. The first-order chi connectivity index (χ1) is 17.1. The minimum absolute atomic E-state index is 0.213. The lowest BCUT2D eigenvalue weighted by atomic mass is 10.0. The van der Waals surface area contributed by atoms with E-state index in [1.54, 1.807) is 33.9 Å². The fourth-order valence-corrected chi connectivity index (χ4v) is 4.96. The SMILES string of the molecule is CC(OC(=O)/C=C/c1cn(-c2ccccc2)nc1-c1cccs1)C(=O)N1CCCc2ccccc21. The summed E-state index contributed by atoms with van der Waals surface area (Å²) in [7, 11) is 0. The van der Waals surface area contributed by atoms with Crippen LogP contribution in [0.3, 0.4) is 0 Å². The average Bonchev–Trinajstić information content (AvgIpc) is 3.57. The lowest BCUT2D eigenvalue weighted by Gasteiger charge is -2.31. The molecule has 6 nitrogen and oxygen atoms in total. The number of carbonyl (C=O) groups is 2. The number of nitrogens with zero attached hydrogens (tertiary/aromatic N) is 3. The van der Waals surface area contributed by atoms with Crippen LogP contribution < -0.4 is 4.90 Å². The number of hydrogen-bond acceptors (Lipinski definition) is 5. The van der Waals surface area contributed by atoms with Gasteiger partial charge in [0.1, 0.15) is 5.69 Å². The van der Waals surface area contributed by atoms with Crippen molar-refractivity contribution in [3.05, 3.63) is 95.5 Å². The normalized spacial score (nSPS) is 14.0. The molecular weight excluding hydrogens is 458 g/mol. The van der Waals surface area contributed by atoms with Crippen molar-refractivity contribution in [1.29, 1.82) is 0 Å². The van der Waals surface area contributed by atoms with Crippen molar-refractivity contribution in [3.8, 4) is 16.3 Å². The van der Waals surface area contributed by atoms with Gasteiger partial charge in [0.2, 0.25) is 0 Å². The molecule has 0 N–H and O–H groups in total. The van der Waals surface area contributed by atoms with Crippen LogP contribution in [0.2, 0.25) is 0 Å². The number of aryl methyl sites for hydroxylation is 1. The number of anilines is 1. The molecule has 0 radical (unpaired) electrons. The summed E-state index contributed by atoms with van der Waals surface area (Å²) in [6, 6.07) is 21.6. The fourth-order valence-electron chi connectivity index (χ4n) is 4.23. The second kappa shape index (κ2) is 10.1. The van der Waals surface area contributed by atoms with Crippen LogP contribution in [0.1, 0.15) is 24.5 Å². The highest BCUT2D eigenvalue weighted by atomic mass is 32.1. The largest absolute Gasteiger partial charge is 0.449 e. The zero-order valence-corrected chi connectivity index (χ0v) is 20.2. The van der Waals surface area contributed by atoms with Gasteiger partial charge in [-0.15, -0.1) is 11.3 Å². The summed E-state index contributed by atoms with van der Waals surface area (Å²) in [6.07, 6.45) is 5.88. The highest BCUT2D eigenvalue weighted by Crippen LogP contribution is 2.29. The Morgan fingerprint density at radius 3 is 2.66 bits per heavy atom. The monoisotopic (exact) mass is 483 g/mol. The quantitative estimate of drug-likeness (QED) is 0.267. The number of thiophene rings is 1. The molecule has 1 aliphatic heterocycles. The van der Waals surface area contributed by atoms with E-state index in [0.717, 1.165) is 45.9 Å². The fraction of sp³-hybridized carbons (Fsp3) is 0.179. The number of benzene rings is 2. The average molecular weight is 484 g/mol. The van der Waals surface area contributed by atoms with Gasteiger partial charge in [-0.3, -0.25) is 4.79 Å². The third-order valence-electron chi connectivity index (χ3n) is 5.93. The predicted molar refractivity (Wildman–Crippen MR) is 139 cm³/mol. The number of para-hydroxylation sites is 2. The molecule has 2 aromatic carbocycles. The molecule has 0 spiro atoms. The maximum atomic E-state index is 13.1. The molecule has 0 bridgehead atoms. The van der Waals surface area contributed by atoms with Crippen LogP contribution in [0.5, 0.6) is 0 Å². The van der Waals surface area contributed by atoms with Crippen molar-refractivity contribution in [2.24, 2.45) is 0 Å². The van der Waals surface area contributed by atoms with Crippen molar-refractivity contribution in [2.75, 3.05) is 11.4 Å². The van der Waals surface area contributed by atoms with E-state index in [0.29, 0.717) is 6.54 Å². The highest BCUT2D eigenvalue weighted by molar-refractivity contribution is 7.13. The van der Waals surface area contributed by atoms with E-state index >= 15 is 0 Å². The van der Waals surface area contributed by atoms with Crippen molar-refractivity contribution >= 4 is 35.0 Å². The van der Waals surface area contributed by atoms with E-state index in [2.05, 4.69) is 0 Å². The molecule has 0 saturated heterocycles. The first-order valence-electron chi connectivity index (χ1n) is 11.6. The number of rotatable bonds is 6. The zero-order valence-electron chi connectivity index (χ0n) is 19.3. The summed E-state index contributed by atoms with van der Waals surface area (Å²) >= 11 is 1.58. The highest BCUT2D eigenvalue weighted by Gasteiger charge is 2.28. The zero-order chi connectivity index (χ0) is 24.2. The summed E-state index contributed by atoms with van der Waals surface area (Å²) in [4.78, 5) is 28.4. The van der Waals surface area contributed by atoms with Crippen molar-refractivity contribution in [3.63, 3.8) is 0 Å². The van der Waals surface area contributed by atoms with E-state index in [9.17, 15) is 9.59 Å². The standard InChI is InChI=1S/C28H25N3O3S/c1-20(28(33)30-17-7-10-21-9-5-6-13-24(21)30)34-26(32)16-15-22-19-31(23-11-3-2-4-12-23)29-27(22)25-14-8-18-35-25/h2-6,8-9,11-16,18-20H,7,10,17H2,1H3/b16-15+. The van der Waals surface area contributed by atoms with Gasteiger partial charge in [-0.1, -0.05) is 42.5 Å². The molecular formula is C28H25N3O3S. The number of ether oxygens (including phenoxy) is 1. The van der Waals surface area contributed by atoms with Gasteiger partial charge in [-0.25, -0.2) is 9.48 Å². The molecule has 5 rings (SSSR count). The number of hydrogen-bond donors (Lipinski definition) is 0. The summed E-state index contributed by atoms with van der Waals surface area (Å²) in [5.41, 5.74) is 4.53. The molecule has 1 unspecified atom stereocenters. The Labute approximate surface area is 208 Å². The van der Waals surface area contributed by atoms with E-state index in [4.69, 9.17) is 9.84 Å². The van der Waals surface area contributed by atoms with Crippen LogP contribution in [0, 0.1) is 0 Å². The van der Waals surface area contributed by atoms with E-state index in [1.807, 2.05) is 78.3 Å². The third-order valence-corrected chi connectivity index (χ3v) is 6.81. The minimum Gasteiger partial charge on any atom is -0.449 e. The molecule has 1 amide bonds. The van der Waals surface area contributed by atoms with Gasteiger partial charge in [0.05, 0.1) is 10.6 Å². The molecule has 0 aliphatic carbocycles. The van der Waals surface area contributed by atoms with Crippen LogP contribution in [0.15, 0.2) is 84.4 Å². The Hall–Kier alpha value is -3.97. The molecule has 4 aromatic rings. The Morgan fingerprint density at radius 2 is 1.86 bits per heavy atom. The number of esters is 1. The summed E-state index contributed by atoms with van der Waals surface area (Å²) < 4.78 is 7.27. The third kappa shape index (κ3) is 4.95. The van der Waals surface area contributed by atoms with Crippen molar-refractivity contribution in [1.82, 2.24) is 9.78 Å². The first kappa shape index (κ1) is 22.8. The molecule has 1 aliphatic rings. The van der Waals surface area contributed by atoms with Crippen molar-refractivity contribution in [2.45, 2.75) is 25.9 Å². The molecule has 0 fully saturated rings. The van der Waals surface area contributed by atoms with E-state index in [-0.39, 0.29) is 5.91 Å². The molecule has 2 aromatic heterocycles. The number of fused-ring (bicyclic) bond motifs is 1. The van der Waals surface area contributed by atoms with Gasteiger partial charge in [0.25, 0.3) is 5.91 Å². The van der Waals surface area contributed by atoms with Crippen LogP contribution in [-0.2, 0) is 20.7 Å². The Balaban J connectivity index is 1.32. The van der Waals surface area contributed by atoms with Gasteiger partial charge in [0.15, 0.2) is 6.10 Å². The van der Waals surface area contributed by atoms with Gasteiger partial charge < -0.3 is 9.64 Å². The topological polar surface area (TPSA) is 64.4 Å². The number of carbonyl (C=O) groups excluding carboxylic acids is 2. The Kier molecular flexibility index (Phi) is 6.59. The lowest BCUT2D eigenvalue weighted by molar-refractivity contribution is -0.149. The maximum Gasteiger partial charge on any atom is 0.331 e. The van der Waals surface area contributed by atoms with Gasteiger partial charge in [-0.2, -0.15) is 5.10 Å². The van der Waals surface area contributed by atoms with Crippen LogP contribution in [-0.4, -0.2) is 34.3 Å². The van der Waals surface area contributed by atoms with Gasteiger partial charge >= 0.3 is 5.97 Å². The molecule has 35 heavy (non-hydrogen) atoms. The number of amides is 1. The molecule has 0 saturated carbocycles. The summed E-state index contributed by atoms with van der Waals surface area (Å²) in [5, 5.41) is 6.73. The Bertz CT molecular complexity index is 1360. The first-order valence-corrected chi connectivity index (χ1v) is 12.4. The predicted octanol–water partition coefficient (Wildman–Crippen LogP) is 5.53. The molecule has 3 heterocycles.